The summed E-state index contributed by atoms with van der Waals surface area (Å²) in [6, 6.07) is 0. The molecule has 0 radical (unpaired) electrons. The number of nitrogens with one attached hydrogen (secondary N) is 1. The van der Waals surface area contributed by atoms with E-state index in [1.807, 2.05) is 6.92 Å². The fourth-order valence-corrected chi connectivity index (χ4v) is 1.66. The van der Waals surface area contributed by atoms with Gasteiger partial charge >= 0.3 is 5.97 Å². The van der Waals surface area contributed by atoms with Gasteiger partial charge in [0.25, 0.3) is 0 Å². The first-order valence-electron chi connectivity index (χ1n) is 5.53. The summed E-state index contributed by atoms with van der Waals surface area (Å²) in [4.78, 5) is 11.4. The zero-order chi connectivity index (χ0) is 13.3. The number of rotatable bonds is 4. The predicted molar refractivity (Wildman–Crippen MR) is 61.7 cm³/mol. The number of carboxylic acids is 1. The Morgan fingerprint density at radius 1 is 1.61 bits per heavy atom. The van der Waals surface area contributed by atoms with Crippen molar-refractivity contribution in [3.8, 4) is 11.4 Å². The molecule has 2 heterocycles. The van der Waals surface area contributed by atoms with Gasteiger partial charge in [0.05, 0.1) is 11.8 Å². The molecule has 2 aromatic rings. The van der Waals surface area contributed by atoms with Crippen LogP contribution in [-0.4, -0.2) is 41.5 Å². The second-order valence-electron chi connectivity index (χ2n) is 4.26. The van der Waals surface area contributed by atoms with Crippen LogP contribution >= 0.6 is 0 Å². The summed E-state index contributed by atoms with van der Waals surface area (Å²) in [5, 5.41) is 27.3. The van der Waals surface area contributed by atoms with Crippen LogP contribution in [0.2, 0.25) is 0 Å². The second kappa shape index (κ2) is 4.21. The number of tetrazole rings is 1. The van der Waals surface area contributed by atoms with Gasteiger partial charge in [-0.1, -0.05) is 6.92 Å². The lowest BCUT2D eigenvalue weighted by atomic mass is 9.99. The van der Waals surface area contributed by atoms with Gasteiger partial charge in [-0.3, -0.25) is 5.10 Å². The van der Waals surface area contributed by atoms with E-state index in [0.29, 0.717) is 17.8 Å². The van der Waals surface area contributed by atoms with Crippen LogP contribution in [0.25, 0.3) is 11.4 Å². The van der Waals surface area contributed by atoms with Crippen LogP contribution in [0.15, 0.2) is 6.20 Å². The maximum atomic E-state index is 11.4. The molecule has 0 amide bonds. The first kappa shape index (κ1) is 12.2. The number of hydrogen-bond donors (Lipinski definition) is 2. The zero-order valence-electron chi connectivity index (χ0n) is 10.4. The maximum absolute atomic E-state index is 11.4. The number of hydrogen-bond acceptors (Lipinski definition) is 5. The molecule has 1 atom stereocenters. The molecule has 18 heavy (non-hydrogen) atoms. The molecular formula is C10H14N6O2. The van der Waals surface area contributed by atoms with Gasteiger partial charge in [-0.25, -0.2) is 9.48 Å². The minimum Gasteiger partial charge on any atom is -0.479 e. The van der Waals surface area contributed by atoms with E-state index < -0.39 is 11.5 Å². The highest BCUT2D eigenvalue weighted by Gasteiger charge is 2.37. The molecule has 2 rings (SSSR count). The number of nitrogens with zero attached hydrogens (tertiary/aromatic N) is 5. The number of aryl methyl sites for hydroxylation is 1. The summed E-state index contributed by atoms with van der Waals surface area (Å²) in [5.74, 6) is -0.576. The van der Waals surface area contributed by atoms with Gasteiger partial charge in [0.15, 0.2) is 11.4 Å². The monoisotopic (exact) mass is 250 g/mol. The summed E-state index contributed by atoms with van der Waals surface area (Å²) in [7, 11) is 0. The molecule has 0 aromatic carbocycles. The number of carbonyl (C=O) groups is 1. The van der Waals surface area contributed by atoms with Crippen molar-refractivity contribution in [2.24, 2.45) is 0 Å². The average Bonchev–Trinajstić information content (AvgIpc) is 2.95. The van der Waals surface area contributed by atoms with Crippen LogP contribution in [-0.2, 0) is 10.3 Å². The van der Waals surface area contributed by atoms with Crippen LogP contribution in [0.5, 0.6) is 0 Å². The van der Waals surface area contributed by atoms with Crippen molar-refractivity contribution in [1.29, 1.82) is 0 Å². The van der Waals surface area contributed by atoms with Crippen LogP contribution in [0.1, 0.15) is 26.0 Å². The van der Waals surface area contributed by atoms with E-state index >= 15 is 0 Å². The Balaban J connectivity index is 2.58. The van der Waals surface area contributed by atoms with Crippen molar-refractivity contribution in [3.63, 3.8) is 0 Å². The van der Waals surface area contributed by atoms with E-state index in [4.69, 9.17) is 0 Å². The first-order valence-corrected chi connectivity index (χ1v) is 5.53. The molecular weight excluding hydrogens is 236 g/mol. The van der Waals surface area contributed by atoms with Crippen molar-refractivity contribution in [2.75, 3.05) is 0 Å². The number of aliphatic carboxylic acids is 1. The minimum absolute atomic E-state index is 0.372. The number of aromatic nitrogens is 6. The summed E-state index contributed by atoms with van der Waals surface area (Å²) in [5.41, 5.74) is 0.304. The molecule has 1 unspecified atom stereocenters. The SMILES string of the molecule is CCC(C)(C(=O)O)n1nnnc1-c1cn[nH]c1C. The molecule has 2 N–H and O–H groups in total. The van der Waals surface area contributed by atoms with E-state index in [9.17, 15) is 9.90 Å². The number of H-pyrrole nitrogens is 1. The van der Waals surface area contributed by atoms with Crippen molar-refractivity contribution in [1.82, 2.24) is 30.4 Å². The number of aromatic amines is 1. The molecule has 0 spiro atoms. The highest BCUT2D eigenvalue weighted by Crippen LogP contribution is 2.26. The Labute approximate surface area is 103 Å². The van der Waals surface area contributed by atoms with Gasteiger partial charge < -0.3 is 5.11 Å². The predicted octanol–water partition coefficient (Wildman–Crippen LogP) is 0.581. The van der Waals surface area contributed by atoms with Crippen molar-refractivity contribution in [2.45, 2.75) is 32.7 Å². The lowest BCUT2D eigenvalue weighted by Gasteiger charge is -2.23. The van der Waals surface area contributed by atoms with Crippen molar-refractivity contribution < 1.29 is 9.90 Å². The Kier molecular flexibility index (Phi) is 2.85. The lowest BCUT2D eigenvalue weighted by Crippen LogP contribution is -2.39. The van der Waals surface area contributed by atoms with E-state index in [1.54, 1.807) is 20.0 Å². The number of carboxylic acid groups (broad SMARTS) is 1. The molecule has 0 bridgehead atoms. The summed E-state index contributed by atoms with van der Waals surface area (Å²) >= 11 is 0. The van der Waals surface area contributed by atoms with Gasteiger partial charge in [0.1, 0.15) is 0 Å². The standard InChI is InChI=1S/C10H14N6O2/c1-4-10(3,9(17)18)16-8(13-14-15-16)7-5-11-12-6(7)2/h5H,4H2,1-3H3,(H,11,12)(H,17,18). The average molecular weight is 250 g/mol. The maximum Gasteiger partial charge on any atom is 0.331 e. The molecule has 2 aromatic heterocycles. The molecule has 96 valence electrons. The van der Waals surface area contributed by atoms with Gasteiger partial charge in [0, 0.05) is 5.69 Å². The van der Waals surface area contributed by atoms with Crippen LogP contribution in [0, 0.1) is 6.92 Å². The van der Waals surface area contributed by atoms with Crippen molar-refractivity contribution in [3.05, 3.63) is 11.9 Å². The van der Waals surface area contributed by atoms with Gasteiger partial charge in [-0.15, -0.1) is 5.10 Å². The minimum atomic E-state index is -1.18. The Hall–Kier alpha value is -2.25. The Bertz CT molecular complexity index is 574. The third-order valence-corrected chi connectivity index (χ3v) is 3.16. The third-order valence-electron chi connectivity index (χ3n) is 3.16. The molecule has 0 aliphatic rings. The van der Waals surface area contributed by atoms with E-state index in [2.05, 4.69) is 25.7 Å². The molecule has 8 heteroatoms. The summed E-state index contributed by atoms with van der Waals surface area (Å²) in [6.45, 7) is 5.19. The van der Waals surface area contributed by atoms with E-state index in [1.165, 1.54) is 4.68 Å². The quantitative estimate of drug-likeness (QED) is 0.821. The first-order chi connectivity index (χ1) is 8.50. The largest absolute Gasteiger partial charge is 0.479 e. The Morgan fingerprint density at radius 3 is 2.83 bits per heavy atom. The smallest absolute Gasteiger partial charge is 0.331 e. The fraction of sp³-hybridized carbons (Fsp3) is 0.500. The van der Waals surface area contributed by atoms with Gasteiger partial charge in [0.2, 0.25) is 0 Å². The van der Waals surface area contributed by atoms with Gasteiger partial charge in [-0.05, 0) is 30.7 Å². The summed E-state index contributed by atoms with van der Waals surface area (Å²) < 4.78 is 1.33. The van der Waals surface area contributed by atoms with E-state index in [-0.39, 0.29) is 0 Å². The highest BCUT2D eigenvalue weighted by atomic mass is 16.4. The van der Waals surface area contributed by atoms with Crippen molar-refractivity contribution >= 4 is 5.97 Å². The highest BCUT2D eigenvalue weighted by molar-refractivity contribution is 5.77. The third kappa shape index (κ3) is 1.66. The second-order valence-corrected chi connectivity index (χ2v) is 4.26. The van der Waals surface area contributed by atoms with Crippen LogP contribution < -0.4 is 0 Å². The molecule has 0 fully saturated rings. The zero-order valence-corrected chi connectivity index (χ0v) is 10.4. The van der Waals surface area contributed by atoms with Crippen LogP contribution in [0.3, 0.4) is 0 Å². The fourth-order valence-electron chi connectivity index (χ4n) is 1.66. The van der Waals surface area contributed by atoms with E-state index in [0.717, 1.165) is 5.69 Å². The molecule has 0 saturated heterocycles. The summed E-state index contributed by atoms with van der Waals surface area (Å²) in [6.07, 6.45) is 1.95. The molecule has 0 aliphatic carbocycles. The van der Waals surface area contributed by atoms with Crippen LogP contribution in [0.4, 0.5) is 0 Å². The Morgan fingerprint density at radius 2 is 2.33 bits per heavy atom. The lowest BCUT2D eigenvalue weighted by molar-refractivity contribution is -0.147. The molecule has 0 saturated carbocycles. The topological polar surface area (TPSA) is 110 Å². The molecule has 0 aliphatic heterocycles. The normalized spacial score (nSPS) is 14.4. The molecule has 8 nitrogen and oxygen atoms in total. The van der Waals surface area contributed by atoms with Gasteiger partial charge in [-0.2, -0.15) is 5.10 Å².